The number of aromatic nitrogens is 1. The number of aryl methyl sites for hydroxylation is 1. The van der Waals surface area contributed by atoms with Gasteiger partial charge in [0.1, 0.15) is 5.75 Å². The van der Waals surface area contributed by atoms with Gasteiger partial charge in [-0.2, -0.15) is 0 Å². The maximum absolute atomic E-state index is 11.3. The molecule has 4 heteroatoms. The average molecular weight is 370 g/mol. The quantitative estimate of drug-likeness (QED) is 0.737. The van der Waals surface area contributed by atoms with E-state index in [4.69, 9.17) is 15.5 Å². The van der Waals surface area contributed by atoms with Crippen LogP contribution in [0.15, 0.2) is 54.7 Å². The Morgan fingerprint density at radius 2 is 1.79 bits per heavy atom. The Morgan fingerprint density at radius 3 is 2.46 bits per heavy atom. The lowest BCUT2D eigenvalue weighted by Gasteiger charge is -2.13. The zero-order chi connectivity index (χ0) is 19.8. The van der Waals surface area contributed by atoms with Crippen molar-refractivity contribution < 1.29 is 9.53 Å². The summed E-state index contributed by atoms with van der Waals surface area (Å²) in [6, 6.07) is 13.8. The molecule has 0 aliphatic heterocycles. The molecule has 1 aliphatic rings. The number of rotatable bonds is 4. The molecule has 0 saturated carbocycles. The number of hydrogen-bond donors (Lipinski definition) is 1. The number of ether oxygens (including phenoxy) is 1. The summed E-state index contributed by atoms with van der Waals surface area (Å²) in [5.74, 6) is 0.466. The van der Waals surface area contributed by atoms with Gasteiger partial charge in [0.15, 0.2) is 0 Å². The number of carbonyl (C=O) groups is 1. The number of amides is 1. The average Bonchev–Trinajstić information content (AvgIpc) is 3.13. The van der Waals surface area contributed by atoms with Gasteiger partial charge in [0.2, 0.25) is 5.91 Å². The van der Waals surface area contributed by atoms with E-state index < -0.39 is 5.91 Å². The molecule has 0 saturated heterocycles. The van der Waals surface area contributed by atoms with E-state index in [9.17, 15) is 4.79 Å². The molecular formula is C24H22N2O2. The van der Waals surface area contributed by atoms with Gasteiger partial charge in [0, 0.05) is 29.3 Å². The van der Waals surface area contributed by atoms with Crippen molar-refractivity contribution in [1.82, 2.24) is 4.98 Å². The van der Waals surface area contributed by atoms with Crippen molar-refractivity contribution in [1.29, 1.82) is 0 Å². The van der Waals surface area contributed by atoms with Crippen molar-refractivity contribution in [2.75, 3.05) is 7.11 Å². The monoisotopic (exact) mass is 370 g/mol. The van der Waals surface area contributed by atoms with Gasteiger partial charge in [0.05, 0.1) is 12.8 Å². The standard InChI is InChI=1S/C24H22N2O2/c1-14-10-18(12-23(28-3)15(14)2)19-11-21-20(8-9-22(21)26-13-19)16-4-6-17(7-5-16)24(25)27/h4-8,10-13H,9H2,1-3H3,(H2,25,27). The van der Waals surface area contributed by atoms with Crippen molar-refractivity contribution >= 4 is 11.5 Å². The second-order valence-electron chi connectivity index (χ2n) is 7.10. The molecule has 4 rings (SSSR count). The Labute approximate surface area is 164 Å². The summed E-state index contributed by atoms with van der Waals surface area (Å²) in [4.78, 5) is 16.0. The predicted molar refractivity (Wildman–Crippen MR) is 111 cm³/mol. The molecule has 28 heavy (non-hydrogen) atoms. The third kappa shape index (κ3) is 3.07. The number of methoxy groups -OCH3 is 1. The van der Waals surface area contributed by atoms with Crippen LogP contribution in [0.1, 0.15) is 38.3 Å². The van der Waals surface area contributed by atoms with E-state index >= 15 is 0 Å². The number of hydrogen-bond acceptors (Lipinski definition) is 3. The smallest absolute Gasteiger partial charge is 0.248 e. The van der Waals surface area contributed by atoms with Crippen LogP contribution >= 0.6 is 0 Å². The van der Waals surface area contributed by atoms with E-state index in [0.717, 1.165) is 51.3 Å². The van der Waals surface area contributed by atoms with Crippen LogP contribution in [0, 0.1) is 13.8 Å². The fourth-order valence-electron chi connectivity index (χ4n) is 3.65. The van der Waals surface area contributed by atoms with E-state index in [-0.39, 0.29) is 0 Å². The lowest BCUT2D eigenvalue weighted by molar-refractivity contribution is 0.100. The van der Waals surface area contributed by atoms with E-state index in [2.05, 4.69) is 38.1 Å². The molecule has 1 aromatic heterocycles. The second-order valence-corrected chi connectivity index (χ2v) is 7.10. The first kappa shape index (κ1) is 18.0. The highest BCUT2D eigenvalue weighted by Crippen LogP contribution is 2.36. The van der Waals surface area contributed by atoms with Crippen molar-refractivity contribution in [3.8, 4) is 16.9 Å². The van der Waals surface area contributed by atoms with Crippen LogP contribution in [0.25, 0.3) is 16.7 Å². The van der Waals surface area contributed by atoms with Crippen molar-refractivity contribution in [2.24, 2.45) is 5.73 Å². The van der Waals surface area contributed by atoms with Gasteiger partial charge in [-0.15, -0.1) is 0 Å². The van der Waals surface area contributed by atoms with Crippen molar-refractivity contribution in [3.05, 3.63) is 88.2 Å². The summed E-state index contributed by atoms with van der Waals surface area (Å²) in [6.07, 6.45) is 4.91. The van der Waals surface area contributed by atoms with Gasteiger partial charge < -0.3 is 10.5 Å². The fourth-order valence-corrected chi connectivity index (χ4v) is 3.65. The van der Waals surface area contributed by atoms with Gasteiger partial charge >= 0.3 is 0 Å². The van der Waals surface area contributed by atoms with Crippen molar-refractivity contribution in [3.63, 3.8) is 0 Å². The summed E-state index contributed by atoms with van der Waals surface area (Å²) in [5, 5.41) is 0. The van der Waals surface area contributed by atoms with Crippen LogP contribution in [0.5, 0.6) is 5.75 Å². The largest absolute Gasteiger partial charge is 0.496 e. The van der Waals surface area contributed by atoms with E-state index in [0.29, 0.717) is 5.56 Å². The number of nitrogens with two attached hydrogens (primary N) is 1. The van der Waals surface area contributed by atoms with Crippen LogP contribution in [-0.2, 0) is 6.42 Å². The Kier molecular flexibility index (Phi) is 4.47. The summed E-state index contributed by atoms with van der Waals surface area (Å²) < 4.78 is 5.53. The Bertz CT molecular complexity index is 1110. The van der Waals surface area contributed by atoms with Crippen molar-refractivity contribution in [2.45, 2.75) is 20.3 Å². The minimum Gasteiger partial charge on any atom is -0.496 e. The molecule has 140 valence electrons. The van der Waals surface area contributed by atoms with Crippen LogP contribution in [0.3, 0.4) is 0 Å². The minimum atomic E-state index is -0.417. The minimum absolute atomic E-state index is 0.417. The van der Waals surface area contributed by atoms with E-state index in [1.165, 1.54) is 5.56 Å². The number of primary amides is 1. The number of pyridine rings is 1. The van der Waals surface area contributed by atoms with Gasteiger partial charge in [-0.1, -0.05) is 24.3 Å². The third-order valence-corrected chi connectivity index (χ3v) is 5.41. The zero-order valence-electron chi connectivity index (χ0n) is 16.2. The summed E-state index contributed by atoms with van der Waals surface area (Å²) >= 11 is 0. The summed E-state index contributed by atoms with van der Waals surface area (Å²) in [7, 11) is 1.70. The molecule has 0 spiro atoms. The molecule has 1 amide bonds. The SMILES string of the molecule is COc1cc(-c2cnc3c(c2)C(c2ccc(C(N)=O)cc2)=CC3)cc(C)c1C. The second kappa shape index (κ2) is 6.97. The first-order valence-corrected chi connectivity index (χ1v) is 9.23. The third-order valence-electron chi connectivity index (χ3n) is 5.41. The highest BCUT2D eigenvalue weighted by atomic mass is 16.5. The molecule has 2 N–H and O–H groups in total. The number of benzene rings is 2. The maximum Gasteiger partial charge on any atom is 0.248 e. The zero-order valence-corrected chi connectivity index (χ0v) is 16.2. The number of allylic oxidation sites excluding steroid dienone is 1. The lowest BCUT2D eigenvalue weighted by atomic mass is 9.95. The lowest BCUT2D eigenvalue weighted by Crippen LogP contribution is -2.10. The van der Waals surface area contributed by atoms with Crippen LogP contribution < -0.4 is 10.5 Å². The van der Waals surface area contributed by atoms with Gasteiger partial charge in [0.25, 0.3) is 0 Å². The fraction of sp³-hybridized carbons (Fsp3) is 0.167. The molecule has 0 atom stereocenters. The molecular weight excluding hydrogens is 348 g/mol. The van der Waals surface area contributed by atoms with Gasteiger partial charge in [-0.3, -0.25) is 9.78 Å². The highest BCUT2D eigenvalue weighted by Gasteiger charge is 2.18. The topological polar surface area (TPSA) is 65.2 Å². The number of fused-ring (bicyclic) bond motifs is 1. The normalized spacial score (nSPS) is 12.5. The van der Waals surface area contributed by atoms with Crippen LogP contribution in [-0.4, -0.2) is 18.0 Å². The highest BCUT2D eigenvalue weighted by molar-refractivity contribution is 5.94. The predicted octanol–water partition coefficient (Wildman–Crippen LogP) is 4.46. The van der Waals surface area contributed by atoms with Crippen LogP contribution in [0.2, 0.25) is 0 Å². The van der Waals surface area contributed by atoms with Gasteiger partial charge in [-0.05, 0) is 65.9 Å². The summed E-state index contributed by atoms with van der Waals surface area (Å²) in [6.45, 7) is 4.16. The molecule has 0 unspecified atom stereocenters. The molecule has 1 aliphatic carbocycles. The molecule has 0 bridgehead atoms. The molecule has 3 aromatic rings. The molecule has 1 heterocycles. The summed E-state index contributed by atoms with van der Waals surface area (Å²) in [5.41, 5.74) is 14.7. The first-order chi connectivity index (χ1) is 13.5. The molecule has 0 radical (unpaired) electrons. The molecule has 2 aromatic carbocycles. The van der Waals surface area contributed by atoms with E-state index in [1.54, 1.807) is 19.2 Å². The molecule has 4 nitrogen and oxygen atoms in total. The number of carbonyl (C=O) groups excluding carboxylic acids is 1. The Balaban J connectivity index is 1.75. The number of nitrogens with zero attached hydrogens (tertiary/aromatic N) is 1. The van der Waals surface area contributed by atoms with E-state index in [1.807, 2.05) is 18.3 Å². The first-order valence-electron chi connectivity index (χ1n) is 9.23. The van der Waals surface area contributed by atoms with Crippen LogP contribution in [0.4, 0.5) is 0 Å². The maximum atomic E-state index is 11.3. The van der Waals surface area contributed by atoms with Gasteiger partial charge in [-0.25, -0.2) is 0 Å². The molecule has 0 fully saturated rings. The Morgan fingerprint density at radius 1 is 1.04 bits per heavy atom. The Hall–Kier alpha value is -3.40.